The van der Waals surface area contributed by atoms with Crippen molar-refractivity contribution in [3.05, 3.63) is 65.1 Å². The number of hydrogen-bond donors (Lipinski definition) is 1. The summed E-state index contributed by atoms with van der Waals surface area (Å²) in [6.07, 6.45) is 1.55. The Morgan fingerprint density at radius 2 is 1.75 bits per heavy atom. The van der Waals surface area contributed by atoms with Gasteiger partial charge in [0.05, 0.1) is 14.2 Å². The van der Waals surface area contributed by atoms with E-state index < -0.39 is 16.1 Å². The third kappa shape index (κ3) is 4.84. The number of rotatable bonds is 7. The second kappa shape index (κ2) is 7.99. The van der Waals surface area contributed by atoms with Crippen molar-refractivity contribution in [1.82, 2.24) is 4.72 Å². The van der Waals surface area contributed by atoms with E-state index >= 15 is 0 Å². The molecule has 2 aromatic rings. The second-order valence-electron chi connectivity index (χ2n) is 5.21. The van der Waals surface area contributed by atoms with Gasteiger partial charge in [0.1, 0.15) is 11.5 Å². The van der Waals surface area contributed by atoms with Crippen molar-refractivity contribution in [2.75, 3.05) is 14.2 Å². The Morgan fingerprint density at radius 3 is 2.38 bits per heavy atom. The van der Waals surface area contributed by atoms with Crippen molar-refractivity contribution in [3.63, 3.8) is 0 Å². The lowest BCUT2D eigenvalue weighted by Gasteiger charge is -2.17. The summed E-state index contributed by atoms with van der Waals surface area (Å²) >= 11 is 0. The maximum Gasteiger partial charge on any atom is 0.234 e. The summed E-state index contributed by atoms with van der Waals surface area (Å²) in [5.41, 5.74) is 1.52. The van der Waals surface area contributed by atoms with Gasteiger partial charge in [0.15, 0.2) is 0 Å². The summed E-state index contributed by atoms with van der Waals surface area (Å²) < 4.78 is 37.7. The average Bonchev–Trinajstić information content (AvgIpc) is 2.60. The minimum Gasteiger partial charge on any atom is -0.497 e. The fraction of sp³-hybridized carbons (Fsp3) is 0.222. The van der Waals surface area contributed by atoms with Gasteiger partial charge in [0.2, 0.25) is 10.0 Å². The first-order valence-electron chi connectivity index (χ1n) is 7.42. The van der Waals surface area contributed by atoms with Gasteiger partial charge >= 0.3 is 0 Å². The van der Waals surface area contributed by atoms with E-state index in [1.165, 1.54) is 0 Å². The zero-order valence-corrected chi connectivity index (χ0v) is 14.7. The topological polar surface area (TPSA) is 64.6 Å². The lowest BCUT2D eigenvalue weighted by atomic mass is 10.1. The third-order valence-corrected chi connectivity index (χ3v) is 4.66. The molecule has 0 bridgehead atoms. The number of methoxy groups -OCH3 is 2. The molecule has 2 rings (SSSR count). The molecule has 0 amide bonds. The highest BCUT2D eigenvalue weighted by Crippen LogP contribution is 2.29. The number of ether oxygens (including phenoxy) is 2. The van der Waals surface area contributed by atoms with Gasteiger partial charge in [-0.15, -0.1) is 0 Å². The molecule has 0 spiro atoms. The number of sulfonamides is 1. The van der Waals surface area contributed by atoms with Crippen molar-refractivity contribution in [3.8, 4) is 11.5 Å². The van der Waals surface area contributed by atoms with Crippen LogP contribution in [0.5, 0.6) is 11.5 Å². The molecule has 0 saturated carbocycles. The summed E-state index contributed by atoms with van der Waals surface area (Å²) in [5, 5.41) is 1.16. The summed E-state index contributed by atoms with van der Waals surface area (Å²) in [6, 6.07) is 14.0. The first-order valence-corrected chi connectivity index (χ1v) is 8.97. The van der Waals surface area contributed by atoms with Crippen molar-refractivity contribution >= 4 is 16.1 Å². The van der Waals surface area contributed by atoms with Gasteiger partial charge in [-0.05, 0) is 36.8 Å². The largest absolute Gasteiger partial charge is 0.497 e. The first kappa shape index (κ1) is 18.0. The Bertz CT molecular complexity index is 801. The van der Waals surface area contributed by atoms with Crippen LogP contribution in [0.3, 0.4) is 0 Å². The van der Waals surface area contributed by atoms with Crippen LogP contribution in [0.1, 0.15) is 24.1 Å². The molecule has 0 heterocycles. The van der Waals surface area contributed by atoms with E-state index in [1.54, 1.807) is 45.4 Å². The maximum absolute atomic E-state index is 12.3. The summed E-state index contributed by atoms with van der Waals surface area (Å²) in [6.45, 7) is 1.76. The van der Waals surface area contributed by atoms with E-state index in [9.17, 15) is 8.42 Å². The normalized spacial score (nSPS) is 13.0. The molecule has 0 aliphatic carbocycles. The lowest BCUT2D eigenvalue weighted by molar-refractivity contribution is 0.395. The maximum atomic E-state index is 12.3. The number of hydrogen-bond acceptors (Lipinski definition) is 4. The molecule has 1 N–H and O–H groups in total. The summed E-state index contributed by atoms with van der Waals surface area (Å²) in [7, 11) is -0.497. The van der Waals surface area contributed by atoms with Crippen molar-refractivity contribution in [2.45, 2.75) is 13.0 Å². The van der Waals surface area contributed by atoms with E-state index in [0.717, 1.165) is 11.0 Å². The van der Waals surface area contributed by atoms with Gasteiger partial charge in [-0.25, -0.2) is 13.1 Å². The summed E-state index contributed by atoms with van der Waals surface area (Å²) in [4.78, 5) is 0. The van der Waals surface area contributed by atoms with Crippen LogP contribution in [0.2, 0.25) is 0 Å². The van der Waals surface area contributed by atoms with E-state index in [4.69, 9.17) is 9.47 Å². The van der Waals surface area contributed by atoms with E-state index in [2.05, 4.69) is 4.72 Å². The van der Waals surface area contributed by atoms with Crippen LogP contribution < -0.4 is 14.2 Å². The molecule has 128 valence electrons. The van der Waals surface area contributed by atoms with Gasteiger partial charge in [0.25, 0.3) is 0 Å². The Hall–Kier alpha value is -2.31. The fourth-order valence-corrected chi connectivity index (χ4v) is 3.29. The number of nitrogens with one attached hydrogen (secondary N) is 1. The minimum atomic E-state index is -3.60. The first-order chi connectivity index (χ1) is 11.4. The molecular formula is C18H21NO4S. The predicted octanol–water partition coefficient (Wildman–Crippen LogP) is 3.36. The zero-order chi connectivity index (χ0) is 17.6. The Morgan fingerprint density at radius 1 is 1.04 bits per heavy atom. The quantitative estimate of drug-likeness (QED) is 0.834. The monoisotopic (exact) mass is 347 g/mol. The van der Waals surface area contributed by atoms with E-state index in [0.29, 0.717) is 17.1 Å². The highest BCUT2D eigenvalue weighted by atomic mass is 32.2. The SMILES string of the molecule is COc1ccc(OC)c([C@@H](C)NS(=O)(=O)/C=C/c2ccccc2)c1. The highest BCUT2D eigenvalue weighted by Gasteiger charge is 2.17. The molecule has 2 aromatic carbocycles. The van der Waals surface area contributed by atoms with Crippen LogP contribution in [0, 0.1) is 0 Å². The molecule has 0 aromatic heterocycles. The Balaban J connectivity index is 2.19. The molecule has 0 saturated heterocycles. The van der Waals surface area contributed by atoms with Crippen LogP contribution in [-0.4, -0.2) is 22.6 Å². The lowest BCUT2D eigenvalue weighted by Crippen LogP contribution is -2.25. The zero-order valence-electron chi connectivity index (χ0n) is 13.9. The molecule has 24 heavy (non-hydrogen) atoms. The van der Waals surface area contributed by atoms with Crippen LogP contribution >= 0.6 is 0 Å². The second-order valence-corrected chi connectivity index (χ2v) is 6.80. The highest BCUT2D eigenvalue weighted by molar-refractivity contribution is 7.92. The van der Waals surface area contributed by atoms with E-state index in [-0.39, 0.29) is 0 Å². The van der Waals surface area contributed by atoms with Crippen molar-refractivity contribution < 1.29 is 17.9 Å². The van der Waals surface area contributed by atoms with Gasteiger partial charge in [0, 0.05) is 17.0 Å². The molecule has 6 heteroatoms. The van der Waals surface area contributed by atoms with Crippen molar-refractivity contribution in [1.29, 1.82) is 0 Å². The van der Waals surface area contributed by atoms with Crippen LogP contribution in [0.15, 0.2) is 53.9 Å². The molecule has 0 aliphatic rings. The van der Waals surface area contributed by atoms with Crippen LogP contribution in [-0.2, 0) is 10.0 Å². The molecule has 1 atom stereocenters. The predicted molar refractivity (Wildman–Crippen MR) is 95.5 cm³/mol. The van der Waals surface area contributed by atoms with Crippen molar-refractivity contribution in [2.24, 2.45) is 0 Å². The Kier molecular flexibility index (Phi) is 6.00. The van der Waals surface area contributed by atoms with E-state index in [1.807, 2.05) is 30.3 Å². The fourth-order valence-electron chi connectivity index (χ4n) is 2.26. The molecule has 0 fully saturated rings. The van der Waals surface area contributed by atoms with Gasteiger partial charge in [-0.3, -0.25) is 0 Å². The van der Waals surface area contributed by atoms with Gasteiger partial charge < -0.3 is 9.47 Å². The van der Waals surface area contributed by atoms with Crippen LogP contribution in [0.25, 0.3) is 6.08 Å². The third-order valence-electron chi connectivity index (χ3n) is 3.48. The summed E-state index contributed by atoms with van der Waals surface area (Å²) in [5.74, 6) is 1.23. The average molecular weight is 347 g/mol. The molecule has 5 nitrogen and oxygen atoms in total. The number of benzene rings is 2. The molecular weight excluding hydrogens is 326 g/mol. The van der Waals surface area contributed by atoms with Gasteiger partial charge in [-0.2, -0.15) is 0 Å². The molecule has 0 radical (unpaired) electrons. The van der Waals surface area contributed by atoms with Gasteiger partial charge in [-0.1, -0.05) is 30.3 Å². The molecule has 0 unspecified atom stereocenters. The molecule has 0 aliphatic heterocycles. The Labute approximate surface area is 143 Å². The smallest absolute Gasteiger partial charge is 0.234 e. The minimum absolute atomic E-state index is 0.472. The standard InChI is InChI=1S/C18H21NO4S/c1-14(17-13-16(22-2)9-10-18(17)23-3)19-24(20,21)12-11-15-7-5-4-6-8-15/h4-14,19H,1-3H3/b12-11+/t14-/m1/s1. The van der Waals surface area contributed by atoms with Crippen LogP contribution in [0.4, 0.5) is 0 Å².